The van der Waals surface area contributed by atoms with E-state index in [1.807, 2.05) is 39.7 Å². The zero-order chi connectivity index (χ0) is 14.1. The Morgan fingerprint density at radius 1 is 1.05 bits per heavy atom. The highest BCUT2D eigenvalue weighted by atomic mass is 19.1. The standard InChI is InChI=1S/C15H20BFO2/c1-14(2)15(3,4)19-16(18-14)11-5-6-12-7-9-13(17)10-8-12/h5,7-11H,6H2,1-4H3/b11-5+. The van der Waals surface area contributed by atoms with Crippen molar-refractivity contribution < 1.29 is 13.7 Å². The molecule has 1 aliphatic heterocycles. The molecule has 0 N–H and O–H groups in total. The van der Waals surface area contributed by atoms with Crippen LogP contribution in [0.2, 0.25) is 0 Å². The predicted molar refractivity (Wildman–Crippen MR) is 75.3 cm³/mol. The van der Waals surface area contributed by atoms with Crippen LogP contribution in [0.25, 0.3) is 0 Å². The van der Waals surface area contributed by atoms with Crippen LogP contribution in [0.3, 0.4) is 0 Å². The number of allylic oxidation sites excluding steroid dienone is 1. The molecule has 1 saturated heterocycles. The van der Waals surface area contributed by atoms with E-state index in [2.05, 4.69) is 0 Å². The molecule has 1 aromatic carbocycles. The molecule has 0 atom stereocenters. The normalized spacial score (nSPS) is 21.2. The van der Waals surface area contributed by atoms with Crippen molar-refractivity contribution in [2.24, 2.45) is 0 Å². The summed E-state index contributed by atoms with van der Waals surface area (Å²) in [6.07, 6.45) is 2.74. The van der Waals surface area contributed by atoms with E-state index in [1.165, 1.54) is 12.1 Å². The minimum absolute atomic E-state index is 0.210. The molecule has 2 rings (SSSR count). The summed E-state index contributed by atoms with van der Waals surface area (Å²) in [6.45, 7) is 8.11. The van der Waals surface area contributed by atoms with Gasteiger partial charge in [0.2, 0.25) is 0 Å². The Bertz CT molecular complexity index is 450. The van der Waals surface area contributed by atoms with Gasteiger partial charge >= 0.3 is 7.12 Å². The first kappa shape index (κ1) is 14.3. The van der Waals surface area contributed by atoms with Gasteiger partial charge < -0.3 is 9.31 Å². The zero-order valence-electron chi connectivity index (χ0n) is 11.9. The summed E-state index contributed by atoms with van der Waals surface area (Å²) in [4.78, 5) is 0. The lowest BCUT2D eigenvalue weighted by atomic mass is 9.89. The molecule has 19 heavy (non-hydrogen) atoms. The smallest absolute Gasteiger partial charge is 0.400 e. The Labute approximate surface area is 114 Å². The highest BCUT2D eigenvalue weighted by molar-refractivity contribution is 6.51. The van der Waals surface area contributed by atoms with Gasteiger partial charge in [0, 0.05) is 0 Å². The van der Waals surface area contributed by atoms with Crippen molar-refractivity contribution in [2.45, 2.75) is 45.3 Å². The molecule has 0 unspecified atom stereocenters. The maximum Gasteiger partial charge on any atom is 0.486 e. The van der Waals surface area contributed by atoms with E-state index in [0.717, 1.165) is 12.0 Å². The molecule has 0 amide bonds. The summed E-state index contributed by atoms with van der Waals surface area (Å²) in [5, 5.41) is 0. The summed E-state index contributed by atoms with van der Waals surface area (Å²) in [5.41, 5.74) is 0.449. The van der Waals surface area contributed by atoms with Gasteiger partial charge in [0.15, 0.2) is 0 Å². The monoisotopic (exact) mass is 262 g/mol. The molecule has 1 fully saturated rings. The van der Waals surface area contributed by atoms with Gasteiger partial charge in [-0.3, -0.25) is 0 Å². The number of hydrogen-bond donors (Lipinski definition) is 0. The van der Waals surface area contributed by atoms with Crippen LogP contribution >= 0.6 is 0 Å². The fourth-order valence-corrected chi connectivity index (χ4v) is 1.90. The Kier molecular flexibility index (Phi) is 3.84. The van der Waals surface area contributed by atoms with Crippen LogP contribution in [-0.2, 0) is 15.7 Å². The summed E-state index contributed by atoms with van der Waals surface area (Å²) in [6, 6.07) is 6.50. The van der Waals surface area contributed by atoms with Gasteiger partial charge in [-0.1, -0.05) is 24.2 Å². The van der Waals surface area contributed by atoms with Gasteiger partial charge in [-0.15, -0.1) is 0 Å². The first-order valence-electron chi connectivity index (χ1n) is 6.57. The van der Waals surface area contributed by atoms with E-state index in [4.69, 9.17) is 9.31 Å². The minimum atomic E-state index is -0.314. The molecule has 0 saturated carbocycles. The van der Waals surface area contributed by atoms with E-state index < -0.39 is 0 Å². The Balaban J connectivity index is 1.92. The molecule has 2 nitrogen and oxygen atoms in total. The molecule has 1 aliphatic rings. The van der Waals surface area contributed by atoms with Gasteiger partial charge in [-0.2, -0.15) is 0 Å². The summed E-state index contributed by atoms with van der Waals surface area (Å²) in [7, 11) is -0.314. The second-order valence-corrected chi connectivity index (χ2v) is 5.88. The third kappa shape index (κ3) is 3.25. The first-order chi connectivity index (χ1) is 8.80. The third-order valence-electron chi connectivity index (χ3n) is 3.83. The van der Waals surface area contributed by atoms with Crippen LogP contribution < -0.4 is 0 Å². The van der Waals surface area contributed by atoms with Crippen LogP contribution in [-0.4, -0.2) is 18.3 Å². The molecule has 1 heterocycles. The van der Waals surface area contributed by atoms with E-state index >= 15 is 0 Å². The van der Waals surface area contributed by atoms with Crippen molar-refractivity contribution in [1.29, 1.82) is 0 Å². The molecule has 0 radical (unpaired) electrons. The highest BCUT2D eigenvalue weighted by Crippen LogP contribution is 2.36. The second kappa shape index (κ2) is 5.10. The maximum absolute atomic E-state index is 12.8. The zero-order valence-corrected chi connectivity index (χ0v) is 11.9. The minimum Gasteiger partial charge on any atom is -0.400 e. The van der Waals surface area contributed by atoms with E-state index in [9.17, 15) is 4.39 Å². The van der Waals surface area contributed by atoms with Gasteiger partial charge in [0.25, 0.3) is 0 Å². The summed E-state index contributed by atoms with van der Waals surface area (Å²) in [5.74, 6) is 1.71. The molecular weight excluding hydrogens is 242 g/mol. The second-order valence-electron chi connectivity index (χ2n) is 5.88. The third-order valence-corrected chi connectivity index (χ3v) is 3.83. The lowest BCUT2D eigenvalue weighted by molar-refractivity contribution is 0.00578. The molecule has 0 spiro atoms. The Hall–Kier alpha value is -1.13. The van der Waals surface area contributed by atoms with E-state index in [0.29, 0.717) is 0 Å². The van der Waals surface area contributed by atoms with E-state index in [1.54, 1.807) is 12.1 Å². The van der Waals surface area contributed by atoms with Crippen molar-refractivity contribution in [3.63, 3.8) is 0 Å². The van der Waals surface area contributed by atoms with Crippen LogP contribution in [0.15, 0.2) is 36.3 Å². The number of halogens is 1. The molecule has 4 heteroatoms. The molecular formula is C15H20BFO2. The average molecular weight is 262 g/mol. The quantitative estimate of drug-likeness (QED) is 0.775. The predicted octanol–water partition coefficient (Wildman–Crippen LogP) is 3.56. The molecule has 0 aliphatic carbocycles. The molecule has 0 aromatic heterocycles. The Morgan fingerprint density at radius 3 is 2.11 bits per heavy atom. The topological polar surface area (TPSA) is 18.5 Å². The largest absolute Gasteiger partial charge is 0.486 e. The Morgan fingerprint density at radius 2 is 1.58 bits per heavy atom. The SMILES string of the molecule is CC1(C)OB(/C=C/Cc2ccc(F)cc2)OC1(C)C. The van der Waals surface area contributed by atoms with Crippen LogP contribution in [0, 0.1) is 5.82 Å². The van der Waals surface area contributed by atoms with Gasteiger partial charge in [-0.05, 0) is 51.8 Å². The van der Waals surface area contributed by atoms with E-state index in [-0.39, 0.29) is 24.1 Å². The van der Waals surface area contributed by atoms with Crippen molar-refractivity contribution in [3.8, 4) is 0 Å². The first-order valence-corrected chi connectivity index (χ1v) is 6.57. The van der Waals surface area contributed by atoms with Gasteiger partial charge in [0.05, 0.1) is 11.2 Å². The fourth-order valence-electron chi connectivity index (χ4n) is 1.90. The van der Waals surface area contributed by atoms with Gasteiger partial charge in [0.1, 0.15) is 5.82 Å². The summed E-state index contributed by atoms with van der Waals surface area (Å²) < 4.78 is 24.5. The summed E-state index contributed by atoms with van der Waals surface area (Å²) >= 11 is 0. The molecule has 1 aromatic rings. The van der Waals surface area contributed by atoms with Gasteiger partial charge in [-0.25, -0.2) is 4.39 Å². The highest BCUT2D eigenvalue weighted by Gasteiger charge is 2.49. The lowest BCUT2D eigenvalue weighted by Crippen LogP contribution is -2.41. The fraction of sp³-hybridized carbons (Fsp3) is 0.467. The lowest BCUT2D eigenvalue weighted by Gasteiger charge is -2.32. The number of rotatable bonds is 3. The number of hydrogen-bond acceptors (Lipinski definition) is 2. The van der Waals surface area contributed by atoms with Crippen molar-refractivity contribution >= 4 is 7.12 Å². The van der Waals surface area contributed by atoms with Crippen molar-refractivity contribution in [3.05, 3.63) is 47.7 Å². The van der Waals surface area contributed by atoms with Crippen molar-refractivity contribution in [2.75, 3.05) is 0 Å². The van der Waals surface area contributed by atoms with Crippen LogP contribution in [0.4, 0.5) is 4.39 Å². The molecule has 102 valence electrons. The van der Waals surface area contributed by atoms with Crippen LogP contribution in [0.5, 0.6) is 0 Å². The molecule has 0 bridgehead atoms. The maximum atomic E-state index is 12.8. The number of benzene rings is 1. The van der Waals surface area contributed by atoms with Crippen LogP contribution in [0.1, 0.15) is 33.3 Å². The van der Waals surface area contributed by atoms with Crippen molar-refractivity contribution in [1.82, 2.24) is 0 Å². The average Bonchev–Trinajstić information content (AvgIpc) is 2.50.